The van der Waals surface area contributed by atoms with Gasteiger partial charge in [-0.2, -0.15) is 0 Å². The number of anilines is 1. The molecule has 2 heterocycles. The highest BCUT2D eigenvalue weighted by Gasteiger charge is 2.34. The zero-order valence-electron chi connectivity index (χ0n) is 11.4. The number of sulfone groups is 1. The van der Waals surface area contributed by atoms with Crippen molar-refractivity contribution in [3.8, 4) is 0 Å². The van der Waals surface area contributed by atoms with Gasteiger partial charge >= 0.3 is 6.03 Å². The van der Waals surface area contributed by atoms with Gasteiger partial charge in [0.2, 0.25) is 0 Å². The Hall–Kier alpha value is -1.56. The van der Waals surface area contributed by atoms with Gasteiger partial charge < -0.3 is 5.32 Å². The van der Waals surface area contributed by atoms with Gasteiger partial charge in [-0.3, -0.25) is 4.90 Å². The van der Waals surface area contributed by atoms with E-state index >= 15 is 0 Å². The molecule has 0 aromatic heterocycles. The zero-order valence-corrected chi connectivity index (χ0v) is 12.2. The summed E-state index contributed by atoms with van der Waals surface area (Å²) >= 11 is 0. The molecule has 2 aliphatic heterocycles. The molecule has 1 fully saturated rings. The first-order valence-electron chi connectivity index (χ1n) is 6.84. The van der Waals surface area contributed by atoms with Gasteiger partial charge in [-0.15, -0.1) is 0 Å². The lowest BCUT2D eigenvalue weighted by Crippen LogP contribution is -2.47. The molecule has 0 unspecified atom stereocenters. The van der Waals surface area contributed by atoms with E-state index in [0.717, 1.165) is 17.7 Å². The molecule has 2 aliphatic rings. The Balaban J connectivity index is 1.75. The van der Waals surface area contributed by atoms with Crippen LogP contribution < -0.4 is 10.2 Å². The van der Waals surface area contributed by atoms with Crippen LogP contribution in [0.3, 0.4) is 0 Å². The fourth-order valence-electron chi connectivity index (χ4n) is 3.03. The van der Waals surface area contributed by atoms with Crippen molar-refractivity contribution in [3.63, 3.8) is 0 Å². The molecule has 108 valence electrons. The third-order valence-electron chi connectivity index (χ3n) is 3.99. The monoisotopic (exact) mass is 294 g/mol. The average molecular weight is 294 g/mol. The number of urea groups is 1. The van der Waals surface area contributed by atoms with Gasteiger partial charge in [0.05, 0.1) is 11.5 Å². The van der Waals surface area contributed by atoms with Crippen molar-refractivity contribution in [3.05, 3.63) is 29.8 Å². The summed E-state index contributed by atoms with van der Waals surface area (Å²) in [7, 11) is -2.97. The van der Waals surface area contributed by atoms with E-state index in [1.807, 2.05) is 31.2 Å². The van der Waals surface area contributed by atoms with Gasteiger partial charge in [0.1, 0.15) is 0 Å². The number of carbonyl (C=O) groups excluding carboxylic acids is 1. The lowest BCUT2D eigenvalue weighted by Gasteiger charge is -2.24. The minimum Gasteiger partial charge on any atom is -0.334 e. The molecule has 1 N–H and O–H groups in total. The van der Waals surface area contributed by atoms with E-state index in [2.05, 4.69) is 5.32 Å². The Morgan fingerprint density at radius 3 is 2.80 bits per heavy atom. The van der Waals surface area contributed by atoms with E-state index in [4.69, 9.17) is 0 Å². The molecule has 6 heteroatoms. The van der Waals surface area contributed by atoms with Gasteiger partial charge in [-0.05, 0) is 31.4 Å². The Morgan fingerprint density at radius 1 is 1.35 bits per heavy atom. The molecule has 0 radical (unpaired) electrons. The number of nitrogens with one attached hydrogen (secondary N) is 1. The predicted molar refractivity (Wildman–Crippen MR) is 77.7 cm³/mol. The number of hydrogen-bond acceptors (Lipinski definition) is 3. The molecule has 0 spiro atoms. The second-order valence-corrected chi connectivity index (χ2v) is 7.83. The highest BCUT2D eigenvalue weighted by molar-refractivity contribution is 7.91. The van der Waals surface area contributed by atoms with E-state index in [9.17, 15) is 13.2 Å². The van der Waals surface area contributed by atoms with Crippen LogP contribution in [0.4, 0.5) is 10.5 Å². The first-order chi connectivity index (χ1) is 9.46. The Kier molecular flexibility index (Phi) is 3.20. The van der Waals surface area contributed by atoms with Gasteiger partial charge in [-0.25, -0.2) is 13.2 Å². The fourth-order valence-corrected chi connectivity index (χ4v) is 4.70. The minimum absolute atomic E-state index is 0.0581. The molecule has 1 aromatic carbocycles. The number of carbonyl (C=O) groups is 1. The second kappa shape index (κ2) is 4.77. The molecule has 0 saturated carbocycles. The molecule has 20 heavy (non-hydrogen) atoms. The second-order valence-electron chi connectivity index (χ2n) is 5.60. The molecule has 5 nitrogen and oxygen atoms in total. The van der Waals surface area contributed by atoms with Crippen molar-refractivity contribution < 1.29 is 13.2 Å². The maximum Gasteiger partial charge on any atom is 0.322 e. The summed E-state index contributed by atoms with van der Waals surface area (Å²) in [6.07, 6.45) is 1.35. The molecule has 1 aromatic rings. The molecular weight excluding hydrogens is 276 g/mol. The van der Waals surface area contributed by atoms with E-state index in [0.29, 0.717) is 6.42 Å². The molecule has 3 rings (SSSR count). The molecule has 2 amide bonds. The van der Waals surface area contributed by atoms with E-state index in [1.165, 1.54) is 0 Å². The third-order valence-corrected chi connectivity index (χ3v) is 5.75. The molecular formula is C14H18N2O3S. The summed E-state index contributed by atoms with van der Waals surface area (Å²) in [6, 6.07) is 7.50. The van der Waals surface area contributed by atoms with Crippen LogP contribution in [-0.4, -0.2) is 38.0 Å². The van der Waals surface area contributed by atoms with Crippen LogP contribution >= 0.6 is 0 Å². The summed E-state index contributed by atoms with van der Waals surface area (Å²) in [4.78, 5) is 14.1. The lowest BCUT2D eigenvalue weighted by atomic mass is 10.1. The van der Waals surface area contributed by atoms with Crippen molar-refractivity contribution in [1.29, 1.82) is 0 Å². The normalized spacial score (nSPS) is 27.4. The van der Waals surface area contributed by atoms with E-state index < -0.39 is 9.84 Å². The maximum absolute atomic E-state index is 12.4. The number of benzene rings is 1. The van der Waals surface area contributed by atoms with Gasteiger partial charge in [-0.1, -0.05) is 18.2 Å². The Labute approximate surface area is 118 Å². The number of fused-ring (bicyclic) bond motifs is 1. The van der Waals surface area contributed by atoms with Gasteiger partial charge in [0, 0.05) is 17.8 Å². The molecule has 0 aliphatic carbocycles. The number of rotatable bonds is 1. The Morgan fingerprint density at radius 2 is 2.10 bits per heavy atom. The smallest absolute Gasteiger partial charge is 0.322 e. The summed E-state index contributed by atoms with van der Waals surface area (Å²) in [5.74, 6) is 0.229. The van der Waals surface area contributed by atoms with Crippen molar-refractivity contribution in [2.24, 2.45) is 0 Å². The van der Waals surface area contributed by atoms with Gasteiger partial charge in [0.25, 0.3) is 0 Å². The average Bonchev–Trinajstić information content (AvgIpc) is 2.88. The lowest BCUT2D eigenvalue weighted by molar-refractivity contribution is 0.242. The number of amides is 2. The molecule has 1 saturated heterocycles. The summed E-state index contributed by atoms with van der Waals surface area (Å²) in [5, 5.41) is 2.86. The highest BCUT2D eigenvalue weighted by atomic mass is 32.2. The quantitative estimate of drug-likeness (QED) is 0.850. The minimum atomic E-state index is -2.97. The van der Waals surface area contributed by atoms with Crippen LogP contribution in [0.1, 0.15) is 18.9 Å². The van der Waals surface area contributed by atoms with Crippen LogP contribution in [0.15, 0.2) is 24.3 Å². The molecule has 2 atom stereocenters. The summed E-state index contributed by atoms with van der Waals surface area (Å²) < 4.78 is 22.9. The SMILES string of the molecule is C[C@H]1Cc2ccccc2N1C(=O)N[C@H]1CCS(=O)(=O)C1. The van der Waals surface area contributed by atoms with Crippen LogP contribution in [0.2, 0.25) is 0 Å². The van der Waals surface area contributed by atoms with Gasteiger partial charge in [0.15, 0.2) is 9.84 Å². The van der Waals surface area contributed by atoms with Crippen molar-refractivity contribution in [1.82, 2.24) is 5.32 Å². The van der Waals surface area contributed by atoms with Crippen LogP contribution in [0, 0.1) is 0 Å². The fraction of sp³-hybridized carbons (Fsp3) is 0.500. The number of para-hydroxylation sites is 1. The summed E-state index contributed by atoms with van der Waals surface area (Å²) in [6.45, 7) is 2.00. The van der Waals surface area contributed by atoms with Crippen molar-refractivity contribution >= 4 is 21.6 Å². The first-order valence-corrected chi connectivity index (χ1v) is 8.66. The predicted octanol–water partition coefficient (Wildman–Crippen LogP) is 1.33. The Bertz CT molecular complexity index is 642. The van der Waals surface area contributed by atoms with Crippen LogP contribution in [0.25, 0.3) is 0 Å². The van der Waals surface area contributed by atoms with Crippen LogP contribution in [-0.2, 0) is 16.3 Å². The first kappa shape index (κ1) is 13.4. The number of nitrogens with zero attached hydrogens (tertiary/aromatic N) is 1. The highest BCUT2D eigenvalue weighted by Crippen LogP contribution is 2.31. The van der Waals surface area contributed by atoms with Crippen LogP contribution in [0.5, 0.6) is 0 Å². The maximum atomic E-state index is 12.4. The van der Waals surface area contributed by atoms with Crippen molar-refractivity contribution in [2.75, 3.05) is 16.4 Å². The zero-order chi connectivity index (χ0) is 14.3. The topological polar surface area (TPSA) is 66.5 Å². The number of hydrogen-bond donors (Lipinski definition) is 1. The largest absolute Gasteiger partial charge is 0.334 e. The van der Waals surface area contributed by atoms with E-state index in [1.54, 1.807) is 4.90 Å². The molecule has 0 bridgehead atoms. The van der Waals surface area contributed by atoms with Crippen molar-refractivity contribution in [2.45, 2.75) is 31.8 Å². The van der Waals surface area contributed by atoms with E-state index in [-0.39, 0.29) is 29.6 Å². The standard InChI is InChI=1S/C14H18N2O3S/c1-10-8-11-4-2-3-5-13(11)16(10)14(17)15-12-6-7-20(18,19)9-12/h2-5,10,12H,6-9H2,1H3,(H,15,17)/t10-,12-/m0/s1. The third kappa shape index (κ3) is 2.40. The summed E-state index contributed by atoms with van der Waals surface area (Å²) in [5.41, 5.74) is 2.09.